The molecule has 5 atom stereocenters. The van der Waals surface area contributed by atoms with E-state index < -0.39 is 5.97 Å². The molecule has 2 saturated carbocycles. The molecule has 2 aromatic rings. The fraction of sp³-hybridized carbons (Fsp3) is 0.667. The van der Waals surface area contributed by atoms with Crippen LogP contribution >= 0.6 is 0 Å². The smallest absolute Gasteiger partial charge is 0.303 e. The summed E-state index contributed by atoms with van der Waals surface area (Å²) in [4.78, 5) is 23.7. The second-order valence-corrected chi connectivity index (χ2v) is 14.9. The molecular formula is C42H60O7. The second kappa shape index (κ2) is 19.6. The highest BCUT2D eigenvalue weighted by Gasteiger charge is 2.58. The zero-order chi connectivity index (χ0) is 34.3. The number of ketones is 1. The van der Waals surface area contributed by atoms with E-state index in [-0.39, 0.29) is 17.9 Å². The Hall–Kier alpha value is -2.74. The molecule has 7 nitrogen and oxygen atoms in total. The molecule has 0 aliphatic heterocycles. The number of Topliss-reactive ketones (excluding diaryl/α,β-unsaturated/α-hetero) is 1. The molecule has 0 heterocycles. The van der Waals surface area contributed by atoms with Crippen molar-refractivity contribution in [3.8, 4) is 5.75 Å². The SMILES string of the molecule is C[C@]12C[C@H](OCCOCCCCCCCCCCCOCCCC(=O)O)[C@@H]3c4ccc(OCc5ccccc5)cc4CC[C@H]3[C@@H]1CCC2=O. The van der Waals surface area contributed by atoms with Gasteiger partial charge in [0.1, 0.15) is 18.1 Å². The molecule has 7 heteroatoms. The average molecular weight is 677 g/mol. The summed E-state index contributed by atoms with van der Waals surface area (Å²) in [5.74, 6) is 1.86. The lowest BCUT2D eigenvalue weighted by Gasteiger charge is -2.51. The van der Waals surface area contributed by atoms with Crippen molar-refractivity contribution in [3.05, 3.63) is 65.2 Å². The molecule has 0 bridgehead atoms. The lowest BCUT2D eigenvalue weighted by Crippen LogP contribution is -2.50. The first-order valence-corrected chi connectivity index (χ1v) is 19.3. The molecule has 3 aliphatic rings. The number of carbonyl (C=O) groups is 2. The molecule has 2 aromatic carbocycles. The van der Waals surface area contributed by atoms with E-state index >= 15 is 0 Å². The molecular weight excluding hydrogens is 616 g/mol. The third-order valence-electron chi connectivity index (χ3n) is 11.4. The molecule has 49 heavy (non-hydrogen) atoms. The third-order valence-corrected chi connectivity index (χ3v) is 11.4. The van der Waals surface area contributed by atoms with Crippen molar-refractivity contribution >= 4 is 11.8 Å². The van der Waals surface area contributed by atoms with Crippen molar-refractivity contribution in [1.29, 1.82) is 0 Å². The van der Waals surface area contributed by atoms with Gasteiger partial charge in [0, 0.05) is 44.0 Å². The number of hydrogen-bond acceptors (Lipinski definition) is 6. The van der Waals surface area contributed by atoms with E-state index in [1.807, 2.05) is 18.2 Å². The van der Waals surface area contributed by atoms with Gasteiger partial charge in [-0.15, -0.1) is 0 Å². The predicted molar refractivity (Wildman–Crippen MR) is 192 cm³/mol. The number of benzene rings is 2. The summed E-state index contributed by atoms with van der Waals surface area (Å²) >= 11 is 0. The highest BCUT2D eigenvalue weighted by molar-refractivity contribution is 5.87. The van der Waals surface area contributed by atoms with Crippen LogP contribution in [-0.4, -0.2) is 56.0 Å². The van der Waals surface area contributed by atoms with Gasteiger partial charge in [0.15, 0.2) is 0 Å². The number of carboxylic acid groups (broad SMARTS) is 1. The Balaban J connectivity index is 0.981. The molecule has 270 valence electrons. The predicted octanol–water partition coefficient (Wildman–Crippen LogP) is 9.09. The Kier molecular flexibility index (Phi) is 15.0. The second-order valence-electron chi connectivity index (χ2n) is 14.9. The monoisotopic (exact) mass is 676 g/mol. The molecule has 2 fully saturated rings. The van der Waals surface area contributed by atoms with E-state index in [1.54, 1.807) is 0 Å². The molecule has 5 rings (SSSR count). The zero-order valence-electron chi connectivity index (χ0n) is 29.9. The maximum absolute atomic E-state index is 13.2. The fourth-order valence-corrected chi connectivity index (χ4v) is 8.80. The van der Waals surface area contributed by atoms with Crippen LogP contribution in [0, 0.1) is 17.3 Å². The van der Waals surface area contributed by atoms with E-state index in [0.717, 1.165) is 57.5 Å². The van der Waals surface area contributed by atoms with Crippen LogP contribution in [0.5, 0.6) is 5.75 Å². The van der Waals surface area contributed by atoms with Gasteiger partial charge in [-0.2, -0.15) is 0 Å². The topological polar surface area (TPSA) is 91.3 Å². The molecule has 0 amide bonds. The van der Waals surface area contributed by atoms with Crippen LogP contribution in [0.25, 0.3) is 0 Å². The number of aryl methyl sites for hydroxylation is 1. The van der Waals surface area contributed by atoms with Crippen molar-refractivity contribution in [3.63, 3.8) is 0 Å². The van der Waals surface area contributed by atoms with Crippen LogP contribution in [-0.2, 0) is 36.8 Å². The lowest BCUT2D eigenvalue weighted by molar-refractivity contribution is -0.138. The molecule has 0 spiro atoms. The number of hydrogen-bond donors (Lipinski definition) is 1. The number of carbonyl (C=O) groups excluding carboxylic acids is 1. The van der Waals surface area contributed by atoms with Crippen molar-refractivity contribution < 1.29 is 33.6 Å². The van der Waals surface area contributed by atoms with Gasteiger partial charge in [0.25, 0.3) is 0 Å². The number of fused-ring (bicyclic) bond motifs is 5. The zero-order valence-corrected chi connectivity index (χ0v) is 29.9. The quantitative estimate of drug-likeness (QED) is 0.117. The van der Waals surface area contributed by atoms with E-state index in [1.165, 1.54) is 61.6 Å². The number of ether oxygens (including phenoxy) is 4. The number of carboxylic acids is 1. The summed E-state index contributed by atoms with van der Waals surface area (Å²) in [7, 11) is 0. The average Bonchev–Trinajstić information content (AvgIpc) is 3.41. The first-order chi connectivity index (χ1) is 24.0. The first kappa shape index (κ1) is 37.5. The van der Waals surface area contributed by atoms with Crippen molar-refractivity contribution in [2.75, 3.05) is 33.0 Å². The Bertz CT molecular complexity index is 1300. The number of rotatable bonds is 23. The van der Waals surface area contributed by atoms with E-state index in [9.17, 15) is 9.59 Å². The van der Waals surface area contributed by atoms with Crippen molar-refractivity contribution in [2.24, 2.45) is 17.3 Å². The molecule has 0 saturated heterocycles. The van der Waals surface area contributed by atoms with Gasteiger partial charge in [-0.1, -0.05) is 88.3 Å². The van der Waals surface area contributed by atoms with E-state index in [4.69, 9.17) is 24.1 Å². The van der Waals surface area contributed by atoms with Crippen LogP contribution in [0.4, 0.5) is 0 Å². The highest BCUT2D eigenvalue weighted by atomic mass is 16.5. The van der Waals surface area contributed by atoms with Crippen LogP contribution in [0.15, 0.2) is 48.5 Å². The molecule has 1 N–H and O–H groups in total. The summed E-state index contributed by atoms with van der Waals surface area (Å²) in [6, 6.07) is 17.0. The first-order valence-electron chi connectivity index (χ1n) is 19.3. The summed E-state index contributed by atoms with van der Waals surface area (Å²) < 4.78 is 24.4. The number of unbranched alkanes of at least 4 members (excludes halogenated alkanes) is 8. The molecule has 0 aromatic heterocycles. The maximum Gasteiger partial charge on any atom is 0.303 e. The van der Waals surface area contributed by atoms with Gasteiger partial charge in [-0.05, 0) is 85.6 Å². The van der Waals surface area contributed by atoms with Gasteiger partial charge in [0.05, 0.1) is 19.3 Å². The van der Waals surface area contributed by atoms with Gasteiger partial charge in [-0.25, -0.2) is 0 Å². The minimum absolute atomic E-state index is 0.0309. The minimum Gasteiger partial charge on any atom is -0.489 e. The maximum atomic E-state index is 13.2. The van der Waals surface area contributed by atoms with Crippen molar-refractivity contribution in [2.45, 2.75) is 128 Å². The normalized spacial score (nSPS) is 24.3. The standard InChI is InChI=1S/C42H60O7/c1-42-30-38(48-28-27-47-25-13-8-6-4-2-3-5-7-12-24-46-26-14-17-40(44)45)41-35-21-19-34(49-31-32-15-10-9-11-16-32)29-33(35)18-20-36(41)37(42)22-23-39(42)43/h9-11,15-16,19,21,29,36-38,41H,2-8,12-14,17-18,20,22-28,30-31H2,1H3,(H,44,45)/t36-,37-,38-,41+,42-/m0/s1. The van der Waals surface area contributed by atoms with Crippen LogP contribution in [0.3, 0.4) is 0 Å². The Morgan fingerprint density at radius 1 is 0.796 bits per heavy atom. The third kappa shape index (κ3) is 10.9. The van der Waals surface area contributed by atoms with Gasteiger partial charge >= 0.3 is 5.97 Å². The summed E-state index contributed by atoms with van der Waals surface area (Å²) in [5, 5.41) is 8.64. The number of aliphatic carboxylic acids is 1. The van der Waals surface area contributed by atoms with Crippen LogP contribution < -0.4 is 4.74 Å². The lowest BCUT2D eigenvalue weighted by atomic mass is 9.54. The molecule has 3 aliphatic carbocycles. The van der Waals surface area contributed by atoms with Gasteiger partial charge in [-0.3, -0.25) is 9.59 Å². The van der Waals surface area contributed by atoms with E-state index in [0.29, 0.717) is 62.8 Å². The summed E-state index contributed by atoms with van der Waals surface area (Å²) in [5.41, 5.74) is 3.68. The van der Waals surface area contributed by atoms with Crippen molar-refractivity contribution in [1.82, 2.24) is 0 Å². The summed E-state index contributed by atoms with van der Waals surface area (Å²) in [6.07, 6.45) is 16.4. The Labute approximate surface area is 294 Å². The van der Waals surface area contributed by atoms with Crippen LogP contribution in [0.2, 0.25) is 0 Å². The molecule has 0 unspecified atom stereocenters. The summed E-state index contributed by atoms with van der Waals surface area (Å²) in [6.45, 7) is 6.03. The van der Waals surface area contributed by atoms with E-state index in [2.05, 4.69) is 37.3 Å². The highest BCUT2D eigenvalue weighted by Crippen LogP contribution is 2.60. The minimum atomic E-state index is -0.753. The van der Waals surface area contributed by atoms with Gasteiger partial charge in [0.2, 0.25) is 0 Å². The van der Waals surface area contributed by atoms with Crippen LogP contribution in [0.1, 0.15) is 126 Å². The Morgan fingerprint density at radius 3 is 2.18 bits per heavy atom. The Morgan fingerprint density at radius 2 is 1.47 bits per heavy atom. The van der Waals surface area contributed by atoms with Gasteiger partial charge < -0.3 is 24.1 Å². The largest absolute Gasteiger partial charge is 0.489 e. The molecule has 0 radical (unpaired) electrons. The fourth-order valence-electron chi connectivity index (χ4n) is 8.80.